The Morgan fingerprint density at radius 1 is 1.00 bits per heavy atom. The molecular formula is C16H15IN2O2. The smallest absolute Gasteiger partial charge is 0.255 e. The molecule has 0 aliphatic carbocycles. The molecule has 108 valence electrons. The van der Waals surface area contributed by atoms with Gasteiger partial charge in [-0.25, -0.2) is 0 Å². The Morgan fingerprint density at radius 2 is 1.62 bits per heavy atom. The predicted molar refractivity (Wildman–Crippen MR) is 91.6 cm³/mol. The van der Waals surface area contributed by atoms with Gasteiger partial charge in [0.05, 0.1) is 11.3 Å². The molecule has 1 N–H and O–H groups in total. The molecule has 2 amide bonds. The summed E-state index contributed by atoms with van der Waals surface area (Å²) in [6.07, 6.45) is 0. The highest BCUT2D eigenvalue weighted by atomic mass is 127. The van der Waals surface area contributed by atoms with Gasteiger partial charge in [0.15, 0.2) is 0 Å². The third-order valence-electron chi connectivity index (χ3n) is 2.92. The Kier molecular flexibility index (Phi) is 4.95. The summed E-state index contributed by atoms with van der Waals surface area (Å²) in [5.41, 5.74) is 1.55. The second kappa shape index (κ2) is 6.71. The summed E-state index contributed by atoms with van der Waals surface area (Å²) in [5, 5.41) is 2.79. The molecule has 0 unspecified atom stereocenters. The molecule has 21 heavy (non-hydrogen) atoms. The number of carbonyl (C=O) groups is 2. The van der Waals surface area contributed by atoms with E-state index in [0.29, 0.717) is 16.8 Å². The highest BCUT2D eigenvalue weighted by Crippen LogP contribution is 2.18. The monoisotopic (exact) mass is 394 g/mol. The van der Waals surface area contributed by atoms with Crippen LogP contribution in [0.3, 0.4) is 0 Å². The van der Waals surface area contributed by atoms with Crippen molar-refractivity contribution in [3.63, 3.8) is 0 Å². The molecule has 0 aliphatic rings. The molecule has 0 aromatic heterocycles. The lowest BCUT2D eigenvalue weighted by atomic mass is 10.1. The Hall–Kier alpha value is -1.89. The molecule has 0 saturated heterocycles. The number of amides is 2. The maximum Gasteiger partial charge on any atom is 0.255 e. The summed E-state index contributed by atoms with van der Waals surface area (Å²) in [5.74, 6) is -0.376. The van der Waals surface area contributed by atoms with E-state index in [1.807, 2.05) is 12.1 Å². The Labute approximate surface area is 137 Å². The fraction of sp³-hybridized carbons (Fsp3) is 0.125. The van der Waals surface area contributed by atoms with Crippen LogP contribution in [0, 0.1) is 3.57 Å². The van der Waals surface area contributed by atoms with Crippen LogP contribution < -0.4 is 5.32 Å². The topological polar surface area (TPSA) is 49.4 Å². The number of halogens is 1. The lowest BCUT2D eigenvalue weighted by molar-refractivity contribution is 0.0828. The van der Waals surface area contributed by atoms with Crippen LogP contribution in [0.4, 0.5) is 5.69 Å². The van der Waals surface area contributed by atoms with Gasteiger partial charge < -0.3 is 10.2 Å². The van der Waals surface area contributed by atoms with E-state index in [4.69, 9.17) is 0 Å². The van der Waals surface area contributed by atoms with E-state index in [0.717, 1.165) is 3.57 Å². The Morgan fingerprint density at radius 3 is 2.24 bits per heavy atom. The zero-order chi connectivity index (χ0) is 15.4. The highest BCUT2D eigenvalue weighted by molar-refractivity contribution is 14.1. The van der Waals surface area contributed by atoms with Crippen LogP contribution in [-0.2, 0) is 0 Å². The van der Waals surface area contributed by atoms with E-state index in [-0.39, 0.29) is 11.8 Å². The number of para-hydroxylation sites is 1. The van der Waals surface area contributed by atoms with Gasteiger partial charge in [-0.05, 0) is 59.0 Å². The third kappa shape index (κ3) is 3.81. The maximum absolute atomic E-state index is 12.2. The SMILES string of the molecule is CN(C)C(=O)c1ccccc1NC(=O)c1ccc(I)cc1. The molecule has 0 spiro atoms. The molecule has 5 heteroatoms. The lowest BCUT2D eigenvalue weighted by Crippen LogP contribution is -2.24. The van der Waals surface area contributed by atoms with Gasteiger partial charge in [-0.2, -0.15) is 0 Å². The van der Waals surface area contributed by atoms with E-state index in [9.17, 15) is 9.59 Å². The van der Waals surface area contributed by atoms with Crippen LogP contribution in [0.25, 0.3) is 0 Å². The van der Waals surface area contributed by atoms with Gasteiger partial charge in [0.2, 0.25) is 0 Å². The minimum atomic E-state index is -0.231. The largest absolute Gasteiger partial charge is 0.345 e. The van der Waals surface area contributed by atoms with E-state index in [2.05, 4.69) is 27.9 Å². The number of hydrogen-bond donors (Lipinski definition) is 1. The fourth-order valence-electron chi connectivity index (χ4n) is 1.82. The van der Waals surface area contributed by atoms with Crippen LogP contribution >= 0.6 is 22.6 Å². The predicted octanol–water partition coefficient (Wildman–Crippen LogP) is 3.25. The van der Waals surface area contributed by atoms with Gasteiger partial charge in [0, 0.05) is 23.2 Å². The average Bonchev–Trinajstić information content (AvgIpc) is 2.47. The number of rotatable bonds is 3. The van der Waals surface area contributed by atoms with Crippen molar-refractivity contribution in [2.45, 2.75) is 0 Å². The van der Waals surface area contributed by atoms with Crippen LogP contribution in [0.5, 0.6) is 0 Å². The van der Waals surface area contributed by atoms with Crippen LogP contribution in [0.1, 0.15) is 20.7 Å². The quantitative estimate of drug-likeness (QED) is 0.813. The molecule has 2 aromatic rings. The average molecular weight is 394 g/mol. The number of nitrogens with one attached hydrogen (secondary N) is 1. The van der Waals surface area contributed by atoms with Gasteiger partial charge in [0.25, 0.3) is 11.8 Å². The maximum atomic E-state index is 12.2. The molecule has 0 atom stereocenters. The summed E-state index contributed by atoms with van der Waals surface area (Å²) in [6, 6.07) is 14.2. The van der Waals surface area contributed by atoms with Gasteiger partial charge in [-0.15, -0.1) is 0 Å². The first kappa shape index (κ1) is 15.5. The molecule has 2 rings (SSSR count). The first-order valence-corrected chi connectivity index (χ1v) is 7.44. The second-order valence-corrected chi connectivity index (χ2v) is 5.95. The van der Waals surface area contributed by atoms with E-state index in [1.165, 1.54) is 4.90 Å². The van der Waals surface area contributed by atoms with Crippen molar-refractivity contribution >= 4 is 40.1 Å². The molecular weight excluding hydrogens is 379 g/mol. The highest BCUT2D eigenvalue weighted by Gasteiger charge is 2.15. The van der Waals surface area contributed by atoms with Crippen molar-refractivity contribution in [2.75, 3.05) is 19.4 Å². The summed E-state index contributed by atoms with van der Waals surface area (Å²) in [7, 11) is 3.36. The molecule has 0 fully saturated rings. The summed E-state index contributed by atoms with van der Waals surface area (Å²) < 4.78 is 1.06. The van der Waals surface area contributed by atoms with E-state index in [1.54, 1.807) is 50.5 Å². The van der Waals surface area contributed by atoms with Crippen LogP contribution in [0.2, 0.25) is 0 Å². The van der Waals surface area contributed by atoms with Gasteiger partial charge in [0.1, 0.15) is 0 Å². The lowest BCUT2D eigenvalue weighted by Gasteiger charge is -2.14. The number of hydrogen-bond acceptors (Lipinski definition) is 2. The zero-order valence-corrected chi connectivity index (χ0v) is 13.9. The summed E-state index contributed by atoms with van der Waals surface area (Å²) in [6.45, 7) is 0. The number of anilines is 1. The van der Waals surface area contributed by atoms with E-state index >= 15 is 0 Å². The van der Waals surface area contributed by atoms with Crippen molar-refractivity contribution in [1.82, 2.24) is 4.90 Å². The van der Waals surface area contributed by atoms with Crippen molar-refractivity contribution in [3.05, 3.63) is 63.2 Å². The van der Waals surface area contributed by atoms with Crippen LogP contribution in [-0.4, -0.2) is 30.8 Å². The normalized spacial score (nSPS) is 10.0. The van der Waals surface area contributed by atoms with Crippen molar-refractivity contribution < 1.29 is 9.59 Å². The third-order valence-corrected chi connectivity index (χ3v) is 3.64. The Balaban J connectivity index is 2.25. The molecule has 0 aliphatic heterocycles. The first-order chi connectivity index (χ1) is 9.99. The Bertz CT molecular complexity index is 666. The summed E-state index contributed by atoms with van der Waals surface area (Å²) in [4.78, 5) is 25.8. The van der Waals surface area contributed by atoms with Crippen LogP contribution in [0.15, 0.2) is 48.5 Å². The molecule has 4 nitrogen and oxygen atoms in total. The fourth-order valence-corrected chi connectivity index (χ4v) is 2.17. The van der Waals surface area contributed by atoms with Crippen molar-refractivity contribution in [3.8, 4) is 0 Å². The first-order valence-electron chi connectivity index (χ1n) is 6.36. The van der Waals surface area contributed by atoms with E-state index < -0.39 is 0 Å². The zero-order valence-electron chi connectivity index (χ0n) is 11.8. The number of benzene rings is 2. The molecule has 0 radical (unpaired) electrons. The molecule has 0 bridgehead atoms. The number of nitrogens with zero attached hydrogens (tertiary/aromatic N) is 1. The second-order valence-electron chi connectivity index (χ2n) is 4.71. The molecule has 0 saturated carbocycles. The molecule has 2 aromatic carbocycles. The minimum Gasteiger partial charge on any atom is -0.345 e. The number of carbonyl (C=O) groups excluding carboxylic acids is 2. The van der Waals surface area contributed by atoms with Crippen molar-refractivity contribution in [2.24, 2.45) is 0 Å². The standard InChI is InChI=1S/C16H15IN2O2/c1-19(2)16(21)13-5-3-4-6-14(13)18-15(20)11-7-9-12(17)10-8-11/h3-10H,1-2H3,(H,18,20). The minimum absolute atomic E-state index is 0.145. The molecule has 0 heterocycles. The van der Waals surface area contributed by atoms with Gasteiger partial charge >= 0.3 is 0 Å². The van der Waals surface area contributed by atoms with Crippen molar-refractivity contribution in [1.29, 1.82) is 0 Å². The summed E-state index contributed by atoms with van der Waals surface area (Å²) >= 11 is 2.18. The van der Waals surface area contributed by atoms with Gasteiger partial charge in [-0.3, -0.25) is 9.59 Å². The van der Waals surface area contributed by atoms with Gasteiger partial charge in [-0.1, -0.05) is 12.1 Å².